The number of hydrogen-bond donors (Lipinski definition) is 1. The molecule has 106 valence electrons. The van der Waals surface area contributed by atoms with E-state index in [9.17, 15) is 5.11 Å². The van der Waals surface area contributed by atoms with E-state index in [1.165, 1.54) is 0 Å². The zero-order valence-corrected chi connectivity index (χ0v) is 11.9. The van der Waals surface area contributed by atoms with E-state index in [0.717, 1.165) is 33.4 Å². The minimum Gasteiger partial charge on any atom is -0.508 e. The molecular weight excluding hydrogens is 272 g/mol. The molecule has 0 fully saturated rings. The molecule has 1 N–H and O–H groups in total. The van der Waals surface area contributed by atoms with Crippen molar-refractivity contribution in [1.82, 2.24) is 0 Å². The fourth-order valence-corrected chi connectivity index (χ4v) is 2.60. The Morgan fingerprint density at radius 1 is 0.636 bits per heavy atom. The lowest BCUT2D eigenvalue weighted by Crippen LogP contribution is -1.78. The van der Waals surface area contributed by atoms with E-state index >= 15 is 0 Å². The van der Waals surface area contributed by atoms with Crippen LogP contribution >= 0.6 is 0 Å². The molecule has 2 nitrogen and oxygen atoms in total. The van der Waals surface area contributed by atoms with Gasteiger partial charge in [0, 0.05) is 10.9 Å². The van der Waals surface area contributed by atoms with Gasteiger partial charge in [0.1, 0.15) is 17.1 Å². The van der Waals surface area contributed by atoms with E-state index in [1.54, 1.807) is 12.1 Å². The Kier molecular flexibility index (Phi) is 2.94. The predicted molar refractivity (Wildman–Crippen MR) is 88.8 cm³/mol. The van der Waals surface area contributed by atoms with Crippen molar-refractivity contribution in [3.8, 4) is 28.2 Å². The highest BCUT2D eigenvalue weighted by molar-refractivity contribution is 5.83. The van der Waals surface area contributed by atoms with E-state index in [4.69, 9.17) is 4.42 Å². The maximum absolute atomic E-state index is 9.35. The minimum absolute atomic E-state index is 0.280. The zero-order valence-electron chi connectivity index (χ0n) is 11.9. The summed E-state index contributed by atoms with van der Waals surface area (Å²) < 4.78 is 5.88. The molecule has 1 heterocycles. The molecule has 4 aromatic rings. The average Bonchev–Trinajstić information content (AvgIpc) is 3.00. The van der Waals surface area contributed by atoms with Gasteiger partial charge in [0.25, 0.3) is 0 Å². The summed E-state index contributed by atoms with van der Waals surface area (Å²) in [6.45, 7) is 0. The summed E-state index contributed by atoms with van der Waals surface area (Å²) in [5.41, 5.74) is 4.15. The minimum atomic E-state index is 0.280. The van der Waals surface area contributed by atoms with E-state index in [-0.39, 0.29) is 5.75 Å². The molecule has 2 heteroatoms. The Balaban J connectivity index is 1.70. The summed E-state index contributed by atoms with van der Waals surface area (Å²) in [6.07, 6.45) is 0. The van der Waals surface area contributed by atoms with Gasteiger partial charge in [0.05, 0.1) is 0 Å². The van der Waals surface area contributed by atoms with E-state index in [1.807, 2.05) is 36.4 Å². The lowest BCUT2D eigenvalue weighted by atomic mass is 10.0. The van der Waals surface area contributed by atoms with Crippen molar-refractivity contribution in [3.63, 3.8) is 0 Å². The van der Waals surface area contributed by atoms with E-state index in [0.29, 0.717) is 0 Å². The summed E-state index contributed by atoms with van der Waals surface area (Å²) in [6, 6.07) is 25.5. The normalized spacial score (nSPS) is 10.9. The smallest absolute Gasteiger partial charge is 0.135 e. The molecule has 0 spiro atoms. The average molecular weight is 286 g/mol. The van der Waals surface area contributed by atoms with Gasteiger partial charge in [-0.15, -0.1) is 0 Å². The van der Waals surface area contributed by atoms with Crippen molar-refractivity contribution in [2.75, 3.05) is 0 Å². The third-order valence-electron chi connectivity index (χ3n) is 3.80. The predicted octanol–water partition coefficient (Wildman–Crippen LogP) is 5.47. The number of furan rings is 1. The van der Waals surface area contributed by atoms with Crippen molar-refractivity contribution >= 4 is 11.0 Å². The van der Waals surface area contributed by atoms with Crippen LogP contribution in [0.2, 0.25) is 0 Å². The summed E-state index contributed by atoms with van der Waals surface area (Å²) in [7, 11) is 0. The van der Waals surface area contributed by atoms with Crippen LogP contribution in [0.3, 0.4) is 0 Å². The number of hydrogen-bond acceptors (Lipinski definition) is 2. The molecule has 0 saturated heterocycles. The van der Waals surface area contributed by atoms with Gasteiger partial charge < -0.3 is 9.52 Å². The van der Waals surface area contributed by atoms with Crippen LogP contribution in [-0.2, 0) is 0 Å². The van der Waals surface area contributed by atoms with E-state index < -0.39 is 0 Å². The zero-order chi connectivity index (χ0) is 14.9. The van der Waals surface area contributed by atoms with Crippen LogP contribution in [0.5, 0.6) is 5.75 Å². The van der Waals surface area contributed by atoms with Crippen LogP contribution in [0.1, 0.15) is 0 Å². The second-order valence-electron chi connectivity index (χ2n) is 5.27. The van der Waals surface area contributed by atoms with Crippen LogP contribution in [0.25, 0.3) is 33.4 Å². The van der Waals surface area contributed by atoms with Crippen molar-refractivity contribution in [2.24, 2.45) is 0 Å². The maximum Gasteiger partial charge on any atom is 0.135 e. The number of fused-ring (bicyclic) bond motifs is 1. The second-order valence-corrected chi connectivity index (χ2v) is 5.27. The number of para-hydroxylation sites is 1. The highest BCUT2D eigenvalue weighted by atomic mass is 16.3. The molecule has 0 amide bonds. The number of phenols is 1. The Morgan fingerprint density at radius 3 is 1.91 bits per heavy atom. The SMILES string of the molecule is Oc1ccc(-c2ccc(-c3cc4ccccc4o3)cc2)cc1. The Bertz CT molecular complexity index is 883. The molecule has 0 aliphatic carbocycles. The van der Waals surface area contributed by atoms with Gasteiger partial charge in [-0.1, -0.05) is 54.6 Å². The monoisotopic (exact) mass is 286 g/mol. The van der Waals surface area contributed by atoms with Gasteiger partial charge in [0.2, 0.25) is 0 Å². The molecule has 1 aromatic heterocycles. The summed E-state index contributed by atoms with van der Waals surface area (Å²) in [5, 5.41) is 10.5. The molecule has 0 saturated carbocycles. The number of benzene rings is 3. The summed E-state index contributed by atoms with van der Waals surface area (Å²) in [5.74, 6) is 1.15. The number of phenolic OH excluding ortho intramolecular Hbond substituents is 1. The largest absolute Gasteiger partial charge is 0.508 e. The first kappa shape index (κ1) is 12.7. The van der Waals surface area contributed by atoms with Crippen LogP contribution in [0.4, 0.5) is 0 Å². The summed E-state index contributed by atoms with van der Waals surface area (Å²) >= 11 is 0. The standard InChI is InChI=1S/C20H14O2/c21-18-11-9-15(10-12-18)14-5-7-16(8-6-14)20-13-17-3-1-2-4-19(17)22-20/h1-13,21H. The second kappa shape index (κ2) is 5.08. The van der Waals surface area contributed by atoms with Crippen molar-refractivity contribution in [2.45, 2.75) is 0 Å². The Morgan fingerprint density at radius 2 is 1.23 bits per heavy atom. The van der Waals surface area contributed by atoms with Crippen molar-refractivity contribution in [3.05, 3.63) is 78.9 Å². The molecule has 0 radical (unpaired) electrons. The van der Waals surface area contributed by atoms with Crippen molar-refractivity contribution < 1.29 is 9.52 Å². The van der Waals surface area contributed by atoms with Gasteiger partial charge in [-0.3, -0.25) is 0 Å². The molecular formula is C20H14O2. The van der Waals surface area contributed by atoms with Gasteiger partial charge >= 0.3 is 0 Å². The van der Waals surface area contributed by atoms with Gasteiger partial charge in [-0.25, -0.2) is 0 Å². The number of rotatable bonds is 2. The highest BCUT2D eigenvalue weighted by Crippen LogP contribution is 2.30. The molecule has 3 aromatic carbocycles. The fourth-order valence-electron chi connectivity index (χ4n) is 2.60. The van der Waals surface area contributed by atoms with Crippen LogP contribution in [-0.4, -0.2) is 5.11 Å². The first-order chi connectivity index (χ1) is 10.8. The topological polar surface area (TPSA) is 33.4 Å². The fraction of sp³-hybridized carbons (Fsp3) is 0. The molecule has 0 atom stereocenters. The van der Waals surface area contributed by atoms with Crippen molar-refractivity contribution in [1.29, 1.82) is 0 Å². The maximum atomic E-state index is 9.35. The molecule has 22 heavy (non-hydrogen) atoms. The van der Waals surface area contributed by atoms with Gasteiger partial charge in [0.15, 0.2) is 0 Å². The lowest BCUT2D eigenvalue weighted by Gasteiger charge is -2.03. The van der Waals surface area contributed by atoms with Gasteiger partial charge in [-0.2, -0.15) is 0 Å². The van der Waals surface area contributed by atoms with Gasteiger partial charge in [-0.05, 0) is 35.4 Å². The number of aromatic hydroxyl groups is 1. The third kappa shape index (κ3) is 2.25. The van der Waals surface area contributed by atoms with Crippen LogP contribution < -0.4 is 0 Å². The first-order valence-electron chi connectivity index (χ1n) is 7.18. The van der Waals surface area contributed by atoms with E-state index in [2.05, 4.69) is 30.3 Å². The first-order valence-corrected chi connectivity index (χ1v) is 7.18. The Hall–Kier alpha value is -3.00. The highest BCUT2D eigenvalue weighted by Gasteiger charge is 2.06. The third-order valence-corrected chi connectivity index (χ3v) is 3.80. The Labute approximate surface area is 128 Å². The lowest BCUT2D eigenvalue weighted by molar-refractivity contribution is 0.475. The molecule has 0 bridgehead atoms. The molecule has 0 aliphatic rings. The summed E-state index contributed by atoms with van der Waals surface area (Å²) in [4.78, 5) is 0. The molecule has 0 aliphatic heterocycles. The molecule has 0 unspecified atom stereocenters. The van der Waals surface area contributed by atoms with Crippen LogP contribution in [0, 0.1) is 0 Å². The quantitative estimate of drug-likeness (QED) is 0.530. The molecule has 4 rings (SSSR count). The van der Waals surface area contributed by atoms with Crippen LogP contribution in [0.15, 0.2) is 83.3 Å².